The summed E-state index contributed by atoms with van der Waals surface area (Å²) in [4.78, 5) is 10.7. The van der Waals surface area contributed by atoms with Gasteiger partial charge in [-0.25, -0.2) is 0 Å². The topological polar surface area (TPSA) is 38.3 Å². The molecule has 0 aliphatic heterocycles. The van der Waals surface area contributed by atoms with Crippen molar-refractivity contribution in [1.29, 1.82) is 0 Å². The van der Waals surface area contributed by atoms with Crippen molar-refractivity contribution in [2.75, 3.05) is 23.7 Å². The predicted octanol–water partition coefficient (Wildman–Crippen LogP) is 1.71. The van der Waals surface area contributed by atoms with E-state index in [0.29, 0.717) is 6.73 Å². The van der Waals surface area contributed by atoms with Crippen molar-refractivity contribution in [2.24, 2.45) is 0 Å². The molecular formula is C10H23NO2SSn. The van der Waals surface area contributed by atoms with Crippen LogP contribution in [0.1, 0.15) is 13.8 Å². The van der Waals surface area contributed by atoms with Gasteiger partial charge in [0.1, 0.15) is 0 Å². The van der Waals surface area contributed by atoms with E-state index in [9.17, 15) is 4.79 Å². The van der Waals surface area contributed by atoms with Crippen LogP contribution in [-0.4, -0.2) is 48.3 Å². The van der Waals surface area contributed by atoms with E-state index in [1.165, 1.54) is 4.44 Å². The minimum absolute atomic E-state index is 0.612. The first-order valence-electron chi connectivity index (χ1n) is 5.57. The molecule has 0 aromatic carbocycles. The average molecular weight is 340 g/mol. The van der Waals surface area contributed by atoms with Crippen molar-refractivity contribution in [1.82, 2.24) is 5.32 Å². The molecule has 3 nitrogen and oxygen atoms in total. The molecule has 0 saturated carbocycles. The molecule has 0 saturated heterocycles. The Morgan fingerprint density at radius 2 is 2.20 bits per heavy atom. The standard InChI is InChI=1S/C4H10NO.C2H3O.C2H5S.C2H5.Sn/c1-3-5-4-6-2;2*1-2-3;1-2;/h5H,2-4H2,1H3;2H,1H2;3H,1-2H2;1H2,2H3;. The van der Waals surface area contributed by atoms with Crippen LogP contribution < -0.4 is 5.32 Å². The monoisotopic (exact) mass is 341 g/mol. The van der Waals surface area contributed by atoms with Gasteiger partial charge in [0.2, 0.25) is 0 Å². The molecule has 0 amide bonds. The van der Waals surface area contributed by atoms with Gasteiger partial charge in [0.25, 0.3) is 0 Å². The first kappa shape index (κ1) is 15.7. The maximum absolute atomic E-state index is 10.7. The SMILES string of the molecule is CCNCO[CH2][Sn]([CH2]C)([CH2]C=O)[CH2]CS. The first-order chi connectivity index (χ1) is 7.24. The summed E-state index contributed by atoms with van der Waals surface area (Å²) in [6.07, 6.45) is 1.08. The summed E-state index contributed by atoms with van der Waals surface area (Å²) in [6, 6.07) is 0. The number of hydrogen-bond acceptors (Lipinski definition) is 4. The van der Waals surface area contributed by atoms with Gasteiger partial charge in [0.15, 0.2) is 0 Å². The molecular weight excluding hydrogens is 317 g/mol. The van der Waals surface area contributed by atoms with E-state index in [4.69, 9.17) is 4.74 Å². The zero-order valence-electron chi connectivity index (χ0n) is 9.79. The number of nitrogens with one attached hydrogen (secondary N) is 1. The summed E-state index contributed by atoms with van der Waals surface area (Å²) in [6.45, 7) is 5.79. The fourth-order valence-electron chi connectivity index (χ4n) is 1.51. The second kappa shape index (κ2) is 9.93. The van der Waals surface area contributed by atoms with Gasteiger partial charge >= 0.3 is 103 Å². The quantitative estimate of drug-likeness (QED) is 0.209. The van der Waals surface area contributed by atoms with E-state index in [1.807, 2.05) is 0 Å². The fourth-order valence-corrected chi connectivity index (χ4v) is 12.3. The van der Waals surface area contributed by atoms with Gasteiger partial charge in [-0.3, -0.25) is 0 Å². The summed E-state index contributed by atoms with van der Waals surface area (Å²) in [5.74, 6) is 0.891. The van der Waals surface area contributed by atoms with Gasteiger partial charge in [0, 0.05) is 0 Å². The third-order valence-corrected chi connectivity index (χ3v) is 17.5. The van der Waals surface area contributed by atoms with Crippen LogP contribution in [0.5, 0.6) is 0 Å². The Bertz CT molecular complexity index is 172. The van der Waals surface area contributed by atoms with Crippen LogP contribution in [0.15, 0.2) is 0 Å². The number of hydrogen-bond donors (Lipinski definition) is 2. The average Bonchev–Trinajstić information content (AvgIpc) is 2.25. The third-order valence-electron chi connectivity index (χ3n) is 2.77. The summed E-state index contributed by atoms with van der Waals surface area (Å²) in [5.41, 5.74) is 0. The van der Waals surface area contributed by atoms with Crippen molar-refractivity contribution in [2.45, 2.75) is 27.2 Å². The Balaban J connectivity index is 4.02. The van der Waals surface area contributed by atoms with Crippen molar-refractivity contribution < 1.29 is 9.53 Å². The molecule has 1 unspecified atom stereocenters. The van der Waals surface area contributed by atoms with Crippen molar-refractivity contribution in [3.05, 3.63) is 0 Å². The molecule has 15 heavy (non-hydrogen) atoms. The van der Waals surface area contributed by atoms with Crippen LogP contribution >= 0.6 is 12.6 Å². The Morgan fingerprint density at radius 3 is 2.67 bits per heavy atom. The van der Waals surface area contributed by atoms with Crippen LogP contribution in [0, 0.1) is 0 Å². The molecule has 0 aliphatic rings. The van der Waals surface area contributed by atoms with Gasteiger partial charge in [-0.15, -0.1) is 0 Å². The molecule has 0 aliphatic carbocycles. The predicted molar refractivity (Wildman–Crippen MR) is 70.3 cm³/mol. The molecule has 0 fully saturated rings. The molecule has 1 atom stereocenters. The van der Waals surface area contributed by atoms with E-state index in [-0.39, 0.29) is 0 Å². The number of aldehydes is 1. The molecule has 5 heteroatoms. The van der Waals surface area contributed by atoms with Crippen LogP contribution in [0.4, 0.5) is 0 Å². The van der Waals surface area contributed by atoms with Gasteiger partial charge in [0.05, 0.1) is 0 Å². The molecule has 0 spiro atoms. The van der Waals surface area contributed by atoms with Crippen molar-refractivity contribution in [3.63, 3.8) is 0 Å². The van der Waals surface area contributed by atoms with Gasteiger partial charge < -0.3 is 0 Å². The van der Waals surface area contributed by atoms with E-state index in [1.54, 1.807) is 0 Å². The van der Waals surface area contributed by atoms with Gasteiger partial charge in [-0.2, -0.15) is 0 Å². The number of ether oxygens (including phenoxy) is 1. The number of carbonyl (C=O) groups is 1. The van der Waals surface area contributed by atoms with Gasteiger partial charge in [-0.1, -0.05) is 0 Å². The molecule has 0 aromatic heterocycles. The van der Waals surface area contributed by atoms with Crippen LogP contribution in [-0.2, 0) is 9.53 Å². The zero-order valence-corrected chi connectivity index (χ0v) is 13.5. The Morgan fingerprint density at radius 1 is 1.47 bits per heavy atom. The summed E-state index contributed by atoms with van der Waals surface area (Å²) in [5, 5.41) is 3.13. The third kappa shape index (κ3) is 6.81. The Kier molecular flexibility index (Phi) is 10.4. The molecule has 0 aromatic rings. The molecule has 0 rings (SSSR count). The van der Waals surface area contributed by atoms with E-state index < -0.39 is 18.4 Å². The summed E-state index contributed by atoms with van der Waals surface area (Å²) in [7, 11) is 0. The molecule has 0 bridgehead atoms. The maximum atomic E-state index is 10.7. The van der Waals surface area contributed by atoms with E-state index in [0.717, 1.165) is 32.1 Å². The Hall–Kier alpha value is 0.739. The van der Waals surface area contributed by atoms with Crippen molar-refractivity contribution >= 4 is 37.3 Å². The fraction of sp³-hybridized carbons (Fsp3) is 0.900. The van der Waals surface area contributed by atoms with Crippen molar-refractivity contribution in [3.8, 4) is 0 Å². The number of rotatable bonds is 10. The second-order valence-corrected chi connectivity index (χ2v) is 18.2. The normalized spacial score (nSPS) is 14.9. The van der Waals surface area contributed by atoms with E-state index >= 15 is 0 Å². The van der Waals surface area contributed by atoms with E-state index in [2.05, 4.69) is 31.8 Å². The summed E-state index contributed by atoms with van der Waals surface area (Å²) < 4.78 is 9.55. The first-order valence-corrected chi connectivity index (χ1v) is 14.3. The number of carbonyl (C=O) groups excluding carboxylic acids is 1. The summed E-state index contributed by atoms with van der Waals surface area (Å²) >= 11 is 1.99. The number of thiol groups is 1. The molecule has 1 N–H and O–H groups in total. The Labute approximate surface area is 103 Å². The van der Waals surface area contributed by atoms with Crippen LogP contribution in [0.2, 0.25) is 13.3 Å². The minimum atomic E-state index is -2.30. The molecule has 0 heterocycles. The van der Waals surface area contributed by atoms with Crippen LogP contribution in [0.25, 0.3) is 0 Å². The molecule has 90 valence electrons. The zero-order chi connectivity index (χ0) is 11.6. The molecule has 0 radical (unpaired) electrons. The second-order valence-electron chi connectivity index (χ2n) is 3.79. The van der Waals surface area contributed by atoms with Crippen LogP contribution in [0.3, 0.4) is 0 Å². The van der Waals surface area contributed by atoms with Gasteiger partial charge in [-0.05, 0) is 0 Å².